The predicted octanol–water partition coefficient (Wildman–Crippen LogP) is 4.02. The number of nitrogens with one attached hydrogen (secondary N) is 1. The summed E-state index contributed by atoms with van der Waals surface area (Å²) in [4.78, 5) is 14.2. The van der Waals surface area contributed by atoms with Crippen LogP contribution in [0.1, 0.15) is 37.4 Å². The van der Waals surface area contributed by atoms with Crippen LogP contribution in [0.15, 0.2) is 30.3 Å². The number of hydrogen-bond donors (Lipinski definition) is 1. The van der Waals surface area contributed by atoms with Crippen molar-refractivity contribution in [1.29, 1.82) is 0 Å². The zero-order valence-corrected chi connectivity index (χ0v) is 16.3. The molecule has 1 N–H and O–H groups in total. The van der Waals surface area contributed by atoms with E-state index in [9.17, 15) is 0 Å². The van der Waals surface area contributed by atoms with Crippen LogP contribution in [-0.2, 0) is 0 Å². The van der Waals surface area contributed by atoms with Gasteiger partial charge in [0.25, 0.3) is 0 Å². The van der Waals surface area contributed by atoms with Gasteiger partial charge in [0.15, 0.2) is 0 Å². The summed E-state index contributed by atoms with van der Waals surface area (Å²) in [6.07, 6.45) is 3.68. The van der Waals surface area contributed by atoms with Gasteiger partial charge in [-0.2, -0.15) is 4.98 Å². The Labute approximate surface area is 157 Å². The van der Waals surface area contributed by atoms with Crippen molar-refractivity contribution in [2.75, 3.05) is 47.8 Å². The van der Waals surface area contributed by atoms with Crippen LogP contribution >= 0.6 is 0 Å². The standard InChI is InChI=1S/C21H31N5/c1-4-5-6-10-22-20-16-18(3)23-21(24-20)26-13-11-25(12-14-26)19-9-7-8-17(2)15-19/h7-9,15-16H,4-6,10-14H2,1-3H3,(H,22,23,24). The van der Waals surface area contributed by atoms with E-state index in [0.29, 0.717) is 0 Å². The molecule has 2 aromatic rings. The van der Waals surface area contributed by atoms with Crippen LogP contribution in [0.3, 0.4) is 0 Å². The lowest BCUT2D eigenvalue weighted by molar-refractivity contribution is 0.639. The molecule has 1 saturated heterocycles. The average molecular weight is 354 g/mol. The highest BCUT2D eigenvalue weighted by atomic mass is 15.3. The number of piperazine rings is 1. The topological polar surface area (TPSA) is 44.3 Å². The Morgan fingerprint density at radius 2 is 1.73 bits per heavy atom. The molecule has 2 heterocycles. The molecule has 0 unspecified atom stereocenters. The van der Waals surface area contributed by atoms with Crippen LogP contribution in [0.5, 0.6) is 0 Å². The van der Waals surface area contributed by atoms with Gasteiger partial charge < -0.3 is 15.1 Å². The maximum atomic E-state index is 4.75. The number of aromatic nitrogens is 2. The summed E-state index contributed by atoms with van der Waals surface area (Å²) in [5.41, 5.74) is 3.65. The molecular formula is C21H31N5. The van der Waals surface area contributed by atoms with Crippen LogP contribution in [0, 0.1) is 13.8 Å². The van der Waals surface area contributed by atoms with E-state index in [0.717, 1.165) is 50.2 Å². The Bertz CT molecular complexity index is 707. The molecule has 0 bridgehead atoms. The van der Waals surface area contributed by atoms with Gasteiger partial charge in [0.05, 0.1) is 0 Å². The van der Waals surface area contributed by atoms with Gasteiger partial charge in [0.1, 0.15) is 5.82 Å². The number of anilines is 3. The Hall–Kier alpha value is -2.30. The fourth-order valence-electron chi connectivity index (χ4n) is 3.37. The molecule has 5 nitrogen and oxygen atoms in total. The van der Waals surface area contributed by atoms with Gasteiger partial charge in [-0.1, -0.05) is 31.9 Å². The molecule has 0 radical (unpaired) electrons. The summed E-state index contributed by atoms with van der Waals surface area (Å²) in [6, 6.07) is 10.8. The fraction of sp³-hybridized carbons (Fsp3) is 0.524. The van der Waals surface area contributed by atoms with Crippen LogP contribution in [0.25, 0.3) is 0 Å². The maximum Gasteiger partial charge on any atom is 0.227 e. The predicted molar refractivity (Wildman–Crippen MR) is 110 cm³/mol. The summed E-state index contributed by atoms with van der Waals surface area (Å²) >= 11 is 0. The van der Waals surface area contributed by atoms with E-state index in [2.05, 4.69) is 58.2 Å². The van der Waals surface area contributed by atoms with Crippen molar-refractivity contribution in [3.63, 3.8) is 0 Å². The Balaban J connectivity index is 1.61. The third-order valence-electron chi connectivity index (χ3n) is 4.86. The van der Waals surface area contributed by atoms with Crippen molar-refractivity contribution >= 4 is 17.5 Å². The molecule has 1 fully saturated rings. The van der Waals surface area contributed by atoms with Crippen molar-refractivity contribution < 1.29 is 0 Å². The third-order valence-corrected chi connectivity index (χ3v) is 4.86. The van der Waals surface area contributed by atoms with Gasteiger partial charge in [-0.25, -0.2) is 4.98 Å². The summed E-state index contributed by atoms with van der Waals surface area (Å²) in [7, 11) is 0. The Kier molecular flexibility index (Phi) is 6.31. The first-order valence-electron chi connectivity index (χ1n) is 9.82. The summed E-state index contributed by atoms with van der Waals surface area (Å²) in [6.45, 7) is 11.3. The van der Waals surface area contributed by atoms with Crippen molar-refractivity contribution in [2.45, 2.75) is 40.0 Å². The SMILES string of the molecule is CCCCCNc1cc(C)nc(N2CCN(c3cccc(C)c3)CC2)n1. The fourth-order valence-corrected chi connectivity index (χ4v) is 3.37. The minimum Gasteiger partial charge on any atom is -0.370 e. The molecular weight excluding hydrogens is 322 g/mol. The number of aryl methyl sites for hydroxylation is 2. The normalized spacial score (nSPS) is 14.6. The molecule has 1 aliphatic rings. The highest BCUT2D eigenvalue weighted by Crippen LogP contribution is 2.20. The van der Waals surface area contributed by atoms with E-state index in [1.807, 2.05) is 13.0 Å². The summed E-state index contributed by atoms with van der Waals surface area (Å²) in [5.74, 6) is 1.80. The molecule has 3 rings (SSSR count). The minimum absolute atomic E-state index is 0.854. The lowest BCUT2D eigenvalue weighted by atomic mass is 10.2. The smallest absolute Gasteiger partial charge is 0.227 e. The highest BCUT2D eigenvalue weighted by molar-refractivity contribution is 5.51. The van der Waals surface area contributed by atoms with Gasteiger partial charge >= 0.3 is 0 Å². The largest absolute Gasteiger partial charge is 0.370 e. The van der Waals surface area contributed by atoms with Gasteiger partial charge in [-0.05, 0) is 38.0 Å². The molecule has 5 heteroatoms. The average Bonchev–Trinajstić information content (AvgIpc) is 2.65. The van der Waals surface area contributed by atoms with E-state index < -0.39 is 0 Å². The number of hydrogen-bond acceptors (Lipinski definition) is 5. The quantitative estimate of drug-likeness (QED) is 0.762. The molecule has 0 spiro atoms. The second kappa shape index (κ2) is 8.88. The first-order chi connectivity index (χ1) is 12.7. The molecule has 0 aliphatic carbocycles. The Morgan fingerprint density at radius 1 is 0.962 bits per heavy atom. The zero-order chi connectivity index (χ0) is 18.4. The van der Waals surface area contributed by atoms with E-state index in [-0.39, 0.29) is 0 Å². The number of nitrogens with zero attached hydrogens (tertiary/aromatic N) is 4. The van der Waals surface area contributed by atoms with Gasteiger partial charge in [0, 0.05) is 50.2 Å². The van der Waals surface area contributed by atoms with E-state index in [4.69, 9.17) is 4.98 Å². The van der Waals surface area contributed by atoms with Crippen LogP contribution in [-0.4, -0.2) is 42.7 Å². The zero-order valence-electron chi connectivity index (χ0n) is 16.3. The number of rotatable bonds is 7. The van der Waals surface area contributed by atoms with E-state index in [1.165, 1.54) is 30.5 Å². The van der Waals surface area contributed by atoms with Crippen molar-refractivity contribution in [1.82, 2.24) is 9.97 Å². The molecule has 0 amide bonds. The van der Waals surface area contributed by atoms with Crippen LogP contribution in [0.2, 0.25) is 0 Å². The summed E-state index contributed by atoms with van der Waals surface area (Å²) < 4.78 is 0. The van der Waals surface area contributed by atoms with Crippen molar-refractivity contribution in [3.05, 3.63) is 41.6 Å². The lowest BCUT2D eigenvalue weighted by Gasteiger charge is -2.36. The summed E-state index contributed by atoms with van der Waals surface area (Å²) in [5, 5.41) is 3.45. The molecule has 140 valence electrons. The second-order valence-corrected chi connectivity index (χ2v) is 7.14. The number of unbranched alkanes of at least 4 members (excludes halogenated alkanes) is 2. The molecule has 26 heavy (non-hydrogen) atoms. The number of benzene rings is 1. The van der Waals surface area contributed by atoms with Crippen LogP contribution in [0.4, 0.5) is 17.5 Å². The van der Waals surface area contributed by atoms with Gasteiger partial charge in [-0.15, -0.1) is 0 Å². The monoisotopic (exact) mass is 353 g/mol. The van der Waals surface area contributed by atoms with Crippen molar-refractivity contribution in [2.24, 2.45) is 0 Å². The van der Waals surface area contributed by atoms with Crippen LogP contribution < -0.4 is 15.1 Å². The first kappa shape index (κ1) is 18.5. The van der Waals surface area contributed by atoms with Gasteiger partial charge in [0.2, 0.25) is 5.95 Å². The van der Waals surface area contributed by atoms with Gasteiger partial charge in [-0.3, -0.25) is 0 Å². The Morgan fingerprint density at radius 3 is 2.46 bits per heavy atom. The molecule has 1 aliphatic heterocycles. The van der Waals surface area contributed by atoms with Crippen molar-refractivity contribution in [3.8, 4) is 0 Å². The third kappa shape index (κ3) is 4.87. The molecule has 0 atom stereocenters. The molecule has 0 saturated carbocycles. The highest BCUT2D eigenvalue weighted by Gasteiger charge is 2.20. The first-order valence-corrected chi connectivity index (χ1v) is 9.82. The molecule has 1 aromatic heterocycles. The second-order valence-electron chi connectivity index (χ2n) is 7.14. The molecule has 1 aromatic carbocycles. The van der Waals surface area contributed by atoms with E-state index in [1.54, 1.807) is 0 Å². The van der Waals surface area contributed by atoms with E-state index >= 15 is 0 Å². The minimum atomic E-state index is 0.854. The maximum absolute atomic E-state index is 4.75. The lowest BCUT2D eigenvalue weighted by Crippen LogP contribution is -2.47.